The van der Waals surface area contributed by atoms with E-state index in [1.165, 1.54) is 9.87 Å². The first-order valence-electron chi connectivity index (χ1n) is 14.6. The first kappa shape index (κ1) is 28.3. The Morgan fingerprint density at radius 3 is 2.49 bits per heavy atom. The first-order valence-corrected chi connectivity index (χ1v) is 16.2. The summed E-state index contributed by atoms with van der Waals surface area (Å²) < 4.78 is 43.1. The Balaban J connectivity index is 1.29. The third kappa shape index (κ3) is 4.88. The van der Waals surface area contributed by atoms with Gasteiger partial charge in [-0.25, -0.2) is 12.8 Å². The molecule has 3 heterocycles. The first-order chi connectivity index (χ1) is 19.6. The van der Waals surface area contributed by atoms with Gasteiger partial charge in [0.05, 0.1) is 16.8 Å². The van der Waals surface area contributed by atoms with Crippen LogP contribution in [0.15, 0.2) is 42.6 Å². The molecule has 0 spiro atoms. The van der Waals surface area contributed by atoms with Crippen molar-refractivity contribution in [2.45, 2.75) is 37.8 Å². The Hall–Kier alpha value is -2.79. The molecule has 2 fully saturated rings. The lowest BCUT2D eigenvalue weighted by Crippen LogP contribution is -2.50. The van der Waals surface area contributed by atoms with Crippen LogP contribution in [0.5, 0.6) is 0 Å². The van der Waals surface area contributed by atoms with Crippen LogP contribution in [0.3, 0.4) is 0 Å². The van der Waals surface area contributed by atoms with Crippen LogP contribution in [0.1, 0.15) is 52.4 Å². The van der Waals surface area contributed by atoms with Crippen molar-refractivity contribution in [3.05, 3.63) is 70.7 Å². The molecule has 0 bridgehead atoms. The summed E-state index contributed by atoms with van der Waals surface area (Å²) in [7, 11) is 2.96. The van der Waals surface area contributed by atoms with E-state index in [0.29, 0.717) is 31.7 Å². The fourth-order valence-corrected chi connectivity index (χ4v) is 8.45. The molecule has 3 aromatic rings. The molecule has 10 heteroatoms. The average molecular weight is 582 g/mol. The predicted octanol–water partition coefficient (Wildman–Crippen LogP) is 3.44. The number of hydrogen-bond acceptors (Lipinski definition) is 5. The number of nitrogens with zero attached hydrogens (tertiary/aromatic N) is 5. The molecule has 0 saturated carbocycles. The Morgan fingerprint density at radius 2 is 1.78 bits per heavy atom. The number of carbonyl (C=O) groups is 1. The van der Waals surface area contributed by atoms with Crippen molar-refractivity contribution >= 4 is 26.8 Å². The third-order valence-electron chi connectivity index (χ3n) is 9.53. The largest absolute Gasteiger partial charge is 0.350 e. The number of halogens is 1. The van der Waals surface area contributed by atoms with Gasteiger partial charge in [-0.3, -0.25) is 9.69 Å². The molecule has 6 rings (SSSR count). The molecular formula is C31H40FN5O3S. The lowest BCUT2D eigenvalue weighted by Gasteiger charge is -2.34. The molecule has 1 unspecified atom stereocenters. The normalized spacial score (nSPS) is 24.0. The number of aryl methyl sites for hydroxylation is 2. The fraction of sp³-hybridized carbons (Fsp3) is 0.516. The Labute approximate surface area is 242 Å². The van der Waals surface area contributed by atoms with Crippen LogP contribution in [0.25, 0.3) is 10.9 Å². The quantitative estimate of drug-likeness (QED) is 0.446. The fourth-order valence-electron chi connectivity index (χ4n) is 7.36. The van der Waals surface area contributed by atoms with Gasteiger partial charge >= 0.3 is 0 Å². The number of para-hydroxylation sites is 1. The maximum Gasteiger partial charge on any atom is 0.256 e. The molecule has 2 aromatic carbocycles. The van der Waals surface area contributed by atoms with E-state index in [1.54, 1.807) is 17.9 Å². The monoisotopic (exact) mass is 581 g/mol. The molecule has 0 N–H and O–H groups in total. The van der Waals surface area contributed by atoms with Gasteiger partial charge < -0.3 is 14.4 Å². The molecule has 8 nitrogen and oxygen atoms in total. The molecule has 3 aliphatic rings. The van der Waals surface area contributed by atoms with E-state index in [9.17, 15) is 17.6 Å². The minimum Gasteiger partial charge on any atom is -0.350 e. The topological polar surface area (TPSA) is 69.1 Å². The van der Waals surface area contributed by atoms with E-state index in [0.717, 1.165) is 48.0 Å². The molecule has 220 valence electrons. The second kappa shape index (κ2) is 10.8. The number of fused-ring (bicyclic) bond motifs is 2. The summed E-state index contributed by atoms with van der Waals surface area (Å²) in [6, 6.07) is 11.7. The van der Waals surface area contributed by atoms with Crippen molar-refractivity contribution in [1.82, 2.24) is 23.6 Å². The maximum absolute atomic E-state index is 14.9. The molecule has 1 amide bonds. The van der Waals surface area contributed by atoms with E-state index in [2.05, 4.69) is 46.8 Å². The second-order valence-corrected chi connectivity index (χ2v) is 14.2. The summed E-state index contributed by atoms with van der Waals surface area (Å²) in [5.41, 5.74) is 4.75. The van der Waals surface area contributed by atoms with Gasteiger partial charge in [0.1, 0.15) is 5.82 Å². The smallest absolute Gasteiger partial charge is 0.256 e. The van der Waals surface area contributed by atoms with Crippen molar-refractivity contribution < 1.29 is 17.6 Å². The highest BCUT2D eigenvalue weighted by Crippen LogP contribution is 2.44. The van der Waals surface area contributed by atoms with Gasteiger partial charge in [-0.2, -0.15) is 4.31 Å². The number of benzene rings is 2. The summed E-state index contributed by atoms with van der Waals surface area (Å²) in [6.45, 7) is 4.74. The SMILES string of the molecule is CCS(=O)(=O)N1CCN(C(=O)c2cccc3c([C@H]4CN(C5CCc6cccc(F)c65)C[C@@H]4N(C)C)cn(C)c23)CC1. The number of sulfonamides is 1. The molecular weight excluding hydrogens is 541 g/mol. The number of amides is 1. The van der Waals surface area contributed by atoms with Crippen molar-refractivity contribution in [2.24, 2.45) is 7.05 Å². The highest BCUT2D eigenvalue weighted by atomic mass is 32.2. The lowest BCUT2D eigenvalue weighted by molar-refractivity contribution is 0.0699. The van der Waals surface area contributed by atoms with Crippen LogP contribution in [-0.2, 0) is 23.5 Å². The Morgan fingerprint density at radius 1 is 1.05 bits per heavy atom. The molecule has 2 aliphatic heterocycles. The van der Waals surface area contributed by atoms with Gasteiger partial charge in [0.15, 0.2) is 0 Å². The highest BCUT2D eigenvalue weighted by molar-refractivity contribution is 7.89. The molecule has 3 atom stereocenters. The van der Waals surface area contributed by atoms with Gasteiger partial charge in [0.25, 0.3) is 5.91 Å². The van der Waals surface area contributed by atoms with Gasteiger partial charge in [0, 0.05) is 81.5 Å². The minimum atomic E-state index is -3.26. The van der Waals surface area contributed by atoms with Crippen LogP contribution >= 0.6 is 0 Å². The molecule has 2 saturated heterocycles. The molecule has 1 aromatic heterocycles. The van der Waals surface area contributed by atoms with E-state index >= 15 is 0 Å². The average Bonchev–Trinajstić information content (AvgIpc) is 3.68. The summed E-state index contributed by atoms with van der Waals surface area (Å²) in [4.78, 5) is 20.3. The number of hydrogen-bond donors (Lipinski definition) is 0. The van der Waals surface area contributed by atoms with E-state index in [1.807, 2.05) is 25.2 Å². The molecule has 1 aliphatic carbocycles. The third-order valence-corrected chi connectivity index (χ3v) is 11.4. The van der Waals surface area contributed by atoms with E-state index in [4.69, 9.17) is 0 Å². The van der Waals surface area contributed by atoms with Crippen LogP contribution in [0, 0.1) is 5.82 Å². The standard InChI is InChI=1S/C31H40FN5O3S/c1-5-41(39,40)37-16-14-35(15-17-37)31(38)23-10-7-9-22-24(18-34(4)30(22)23)25-19-36(20-28(25)33(2)3)27-13-12-21-8-6-11-26(32)29(21)27/h6-11,18,25,27-28H,5,12-17,19-20H2,1-4H3/t25-,27?,28+/m1/s1. The highest BCUT2D eigenvalue weighted by Gasteiger charge is 2.42. The Bertz CT molecular complexity index is 1580. The van der Waals surface area contributed by atoms with Gasteiger partial charge in [-0.05, 0) is 57.1 Å². The summed E-state index contributed by atoms with van der Waals surface area (Å²) in [6.07, 6.45) is 4.01. The molecule has 41 heavy (non-hydrogen) atoms. The molecule has 0 radical (unpaired) electrons. The van der Waals surface area contributed by atoms with Crippen molar-refractivity contribution in [3.63, 3.8) is 0 Å². The maximum atomic E-state index is 14.9. The Kier molecular flexibility index (Phi) is 7.46. The van der Waals surface area contributed by atoms with E-state index in [-0.39, 0.29) is 35.5 Å². The van der Waals surface area contributed by atoms with Crippen molar-refractivity contribution in [2.75, 3.05) is 59.1 Å². The number of carbonyl (C=O) groups excluding carboxylic acids is 1. The van der Waals surface area contributed by atoms with Gasteiger partial charge in [-0.15, -0.1) is 0 Å². The number of piperazine rings is 1. The lowest BCUT2D eigenvalue weighted by atomic mass is 9.92. The van der Waals surface area contributed by atoms with E-state index < -0.39 is 10.0 Å². The van der Waals surface area contributed by atoms with Crippen LogP contribution in [-0.4, -0.2) is 103 Å². The van der Waals surface area contributed by atoms with Crippen molar-refractivity contribution in [3.8, 4) is 0 Å². The van der Waals surface area contributed by atoms with Crippen LogP contribution in [0.2, 0.25) is 0 Å². The zero-order valence-electron chi connectivity index (χ0n) is 24.4. The van der Waals surface area contributed by atoms with Gasteiger partial charge in [-0.1, -0.05) is 24.3 Å². The van der Waals surface area contributed by atoms with Crippen LogP contribution in [0.4, 0.5) is 4.39 Å². The van der Waals surface area contributed by atoms with Crippen molar-refractivity contribution in [1.29, 1.82) is 0 Å². The number of likely N-dealkylation sites (tertiary alicyclic amines) is 1. The zero-order chi connectivity index (χ0) is 29.1. The summed E-state index contributed by atoms with van der Waals surface area (Å²) in [5, 5.41) is 1.07. The number of aromatic nitrogens is 1. The second-order valence-electron chi connectivity index (χ2n) is 11.9. The number of rotatable bonds is 6. The summed E-state index contributed by atoms with van der Waals surface area (Å²) >= 11 is 0. The van der Waals surface area contributed by atoms with Gasteiger partial charge in [0.2, 0.25) is 10.0 Å². The number of likely N-dealkylation sites (N-methyl/N-ethyl adjacent to an activating group) is 1. The summed E-state index contributed by atoms with van der Waals surface area (Å²) in [5.74, 6) is 0.113. The minimum absolute atomic E-state index is 0.0628. The van der Waals surface area contributed by atoms with Crippen LogP contribution < -0.4 is 0 Å². The predicted molar refractivity (Wildman–Crippen MR) is 159 cm³/mol. The zero-order valence-corrected chi connectivity index (χ0v) is 25.2.